The Morgan fingerprint density at radius 1 is 1.44 bits per heavy atom. The molecule has 0 fully saturated rings. The third kappa shape index (κ3) is 2.28. The van der Waals surface area contributed by atoms with Crippen LogP contribution in [0.15, 0.2) is 17.3 Å². The summed E-state index contributed by atoms with van der Waals surface area (Å²) in [6.07, 6.45) is -2.13. The zero-order chi connectivity index (χ0) is 12.5. The molecule has 1 aromatic heterocycles. The van der Waals surface area contributed by atoms with Crippen LogP contribution in [0.5, 0.6) is 0 Å². The van der Waals surface area contributed by atoms with Gasteiger partial charge in [-0.1, -0.05) is 0 Å². The molecule has 0 bridgehead atoms. The lowest BCUT2D eigenvalue weighted by molar-refractivity contribution is -0.389. The molecule has 1 aromatic rings. The molecule has 0 aliphatic rings. The highest BCUT2D eigenvalue weighted by atomic mass is 32.2. The molecule has 16 heavy (non-hydrogen) atoms. The van der Waals surface area contributed by atoms with Crippen molar-refractivity contribution in [2.45, 2.75) is 11.3 Å². The zero-order valence-electron chi connectivity index (χ0n) is 7.50. The van der Waals surface area contributed by atoms with E-state index < -0.39 is 37.5 Å². The number of hydrogen-bond acceptors (Lipinski definition) is 5. The molecule has 2 N–H and O–H groups in total. The third-order valence-corrected chi connectivity index (χ3v) is 2.55. The summed E-state index contributed by atoms with van der Waals surface area (Å²) in [5.74, 6) is 0. The Kier molecular flexibility index (Phi) is 3.14. The van der Waals surface area contributed by atoms with E-state index in [2.05, 4.69) is 10.1 Å². The Bertz CT molecular complexity index is 531. The summed E-state index contributed by atoms with van der Waals surface area (Å²) in [7, 11) is -4.47. The van der Waals surface area contributed by atoms with Gasteiger partial charge in [0, 0.05) is 6.20 Å². The van der Waals surface area contributed by atoms with E-state index in [1.165, 1.54) is 0 Å². The standard InChI is InChI=1S/C6H5F2N3O4S/c7-6(8)3-1-10-2-4(16(9,14)15)5(3)11(12)13/h1-2,6H,(H2,9,14,15). The number of halogens is 2. The number of rotatable bonds is 3. The summed E-state index contributed by atoms with van der Waals surface area (Å²) in [5.41, 5.74) is -2.33. The molecule has 0 saturated heterocycles. The van der Waals surface area contributed by atoms with Gasteiger partial charge in [-0.25, -0.2) is 22.3 Å². The number of hydrogen-bond donors (Lipinski definition) is 1. The number of alkyl halides is 2. The molecular weight excluding hydrogens is 248 g/mol. The summed E-state index contributed by atoms with van der Waals surface area (Å²) in [6.45, 7) is 0. The average Bonchev–Trinajstić information content (AvgIpc) is 2.14. The molecule has 0 saturated carbocycles. The summed E-state index contributed by atoms with van der Waals surface area (Å²) in [4.78, 5) is 11.4. The van der Waals surface area contributed by atoms with E-state index in [1.54, 1.807) is 0 Å². The molecule has 0 aromatic carbocycles. The molecule has 0 aliphatic heterocycles. The SMILES string of the molecule is NS(=O)(=O)c1cncc(C(F)F)c1[N+](=O)[O-]. The number of nitrogens with zero attached hydrogens (tertiary/aromatic N) is 2. The number of primary sulfonamides is 1. The fourth-order valence-corrected chi connectivity index (χ4v) is 1.68. The molecule has 0 unspecified atom stereocenters. The van der Waals surface area contributed by atoms with E-state index in [-0.39, 0.29) is 0 Å². The predicted octanol–water partition coefficient (Wildman–Crippen LogP) is 0.575. The first-order valence-electron chi connectivity index (χ1n) is 3.68. The van der Waals surface area contributed by atoms with Crippen LogP contribution in [-0.4, -0.2) is 18.3 Å². The topological polar surface area (TPSA) is 116 Å². The molecule has 0 atom stereocenters. The van der Waals surface area contributed by atoms with Crippen LogP contribution in [0.1, 0.15) is 12.0 Å². The fraction of sp³-hybridized carbons (Fsp3) is 0.167. The molecule has 1 rings (SSSR count). The number of sulfonamides is 1. The molecular formula is C6H5F2N3O4S. The van der Waals surface area contributed by atoms with Gasteiger partial charge in [0.25, 0.3) is 6.43 Å². The van der Waals surface area contributed by atoms with Crippen molar-refractivity contribution in [2.24, 2.45) is 5.14 Å². The van der Waals surface area contributed by atoms with Crippen molar-refractivity contribution in [1.82, 2.24) is 4.98 Å². The summed E-state index contributed by atoms with van der Waals surface area (Å²) in [5, 5.41) is 15.2. The van der Waals surface area contributed by atoms with Crippen molar-refractivity contribution >= 4 is 15.7 Å². The van der Waals surface area contributed by atoms with Gasteiger partial charge in [-0.15, -0.1) is 0 Å². The molecule has 0 radical (unpaired) electrons. The van der Waals surface area contributed by atoms with Gasteiger partial charge in [-0.2, -0.15) is 0 Å². The molecule has 7 nitrogen and oxygen atoms in total. The number of pyridine rings is 1. The zero-order valence-corrected chi connectivity index (χ0v) is 8.32. The van der Waals surface area contributed by atoms with Crippen molar-refractivity contribution in [3.8, 4) is 0 Å². The molecule has 88 valence electrons. The quantitative estimate of drug-likeness (QED) is 0.624. The predicted molar refractivity (Wildman–Crippen MR) is 47.2 cm³/mol. The van der Waals surface area contributed by atoms with E-state index >= 15 is 0 Å². The van der Waals surface area contributed by atoms with E-state index in [1.807, 2.05) is 0 Å². The fourth-order valence-electron chi connectivity index (χ4n) is 1.01. The minimum absolute atomic E-state index is 0.525. The van der Waals surface area contributed by atoms with Crippen molar-refractivity contribution < 1.29 is 22.1 Å². The van der Waals surface area contributed by atoms with Gasteiger partial charge in [-0.05, 0) is 0 Å². The Hall–Kier alpha value is -1.68. The summed E-state index contributed by atoms with van der Waals surface area (Å²) in [6, 6.07) is 0. The Morgan fingerprint density at radius 2 is 2.00 bits per heavy atom. The smallest absolute Gasteiger partial charge is 0.262 e. The van der Waals surface area contributed by atoms with Crippen molar-refractivity contribution in [3.63, 3.8) is 0 Å². The van der Waals surface area contributed by atoms with E-state index in [4.69, 9.17) is 0 Å². The monoisotopic (exact) mass is 253 g/mol. The molecule has 10 heteroatoms. The van der Waals surface area contributed by atoms with Crippen LogP contribution in [-0.2, 0) is 10.0 Å². The van der Waals surface area contributed by atoms with Crippen LogP contribution in [0.4, 0.5) is 14.5 Å². The van der Waals surface area contributed by atoms with Crippen LogP contribution in [0.2, 0.25) is 0 Å². The minimum Gasteiger partial charge on any atom is -0.262 e. The molecule has 1 heterocycles. The second kappa shape index (κ2) is 4.06. The number of nitrogens with two attached hydrogens (primary N) is 1. The van der Waals surface area contributed by atoms with Crippen LogP contribution in [0, 0.1) is 10.1 Å². The maximum Gasteiger partial charge on any atom is 0.301 e. The van der Waals surface area contributed by atoms with Crippen LogP contribution >= 0.6 is 0 Å². The van der Waals surface area contributed by atoms with Gasteiger partial charge in [-0.3, -0.25) is 15.1 Å². The molecule has 0 spiro atoms. The Balaban J connectivity index is 3.65. The largest absolute Gasteiger partial charge is 0.301 e. The van der Waals surface area contributed by atoms with E-state index in [9.17, 15) is 27.3 Å². The normalized spacial score (nSPS) is 11.8. The first-order chi connectivity index (χ1) is 7.25. The van der Waals surface area contributed by atoms with Crippen molar-refractivity contribution in [2.75, 3.05) is 0 Å². The van der Waals surface area contributed by atoms with Gasteiger partial charge in [0.15, 0.2) is 4.90 Å². The summed E-state index contributed by atoms with van der Waals surface area (Å²) < 4.78 is 46.6. The maximum atomic E-state index is 12.4. The third-order valence-electron chi connectivity index (χ3n) is 1.64. The first-order valence-corrected chi connectivity index (χ1v) is 5.23. The van der Waals surface area contributed by atoms with E-state index in [0.717, 1.165) is 0 Å². The lowest BCUT2D eigenvalue weighted by Gasteiger charge is -2.04. The highest BCUT2D eigenvalue weighted by molar-refractivity contribution is 7.89. The van der Waals surface area contributed by atoms with Crippen molar-refractivity contribution in [1.29, 1.82) is 0 Å². The Morgan fingerprint density at radius 3 is 2.38 bits per heavy atom. The lowest BCUT2D eigenvalue weighted by Crippen LogP contribution is -2.15. The second-order valence-electron chi connectivity index (χ2n) is 2.68. The van der Waals surface area contributed by atoms with Gasteiger partial charge >= 0.3 is 5.69 Å². The number of aromatic nitrogens is 1. The van der Waals surface area contributed by atoms with Crippen LogP contribution < -0.4 is 5.14 Å². The highest BCUT2D eigenvalue weighted by Gasteiger charge is 2.31. The Labute approximate surface area is 88.1 Å². The van der Waals surface area contributed by atoms with Gasteiger partial charge in [0.2, 0.25) is 10.0 Å². The first kappa shape index (κ1) is 12.4. The van der Waals surface area contributed by atoms with Gasteiger partial charge in [0.05, 0.1) is 11.1 Å². The van der Waals surface area contributed by atoms with Crippen LogP contribution in [0.3, 0.4) is 0 Å². The van der Waals surface area contributed by atoms with Gasteiger partial charge in [0.1, 0.15) is 5.56 Å². The van der Waals surface area contributed by atoms with Gasteiger partial charge < -0.3 is 0 Å². The number of nitro groups is 1. The highest BCUT2D eigenvalue weighted by Crippen LogP contribution is 2.32. The second-order valence-corrected chi connectivity index (χ2v) is 4.21. The van der Waals surface area contributed by atoms with Crippen LogP contribution in [0.25, 0.3) is 0 Å². The molecule has 0 aliphatic carbocycles. The average molecular weight is 253 g/mol. The van der Waals surface area contributed by atoms with E-state index in [0.29, 0.717) is 12.4 Å². The molecule has 0 amide bonds. The lowest BCUT2D eigenvalue weighted by atomic mass is 10.2. The maximum absolute atomic E-state index is 12.4. The minimum atomic E-state index is -4.47. The van der Waals surface area contributed by atoms with Crippen molar-refractivity contribution in [3.05, 3.63) is 28.1 Å². The summed E-state index contributed by atoms with van der Waals surface area (Å²) >= 11 is 0.